The van der Waals surface area contributed by atoms with Crippen LogP contribution in [-0.2, 0) is 0 Å². The van der Waals surface area contributed by atoms with E-state index in [-0.39, 0.29) is 0 Å². The number of nitrogens with zero attached hydrogens (tertiary/aromatic N) is 1. The highest BCUT2D eigenvalue weighted by molar-refractivity contribution is 4.80. The predicted molar refractivity (Wildman–Crippen MR) is 76.1 cm³/mol. The third-order valence-corrected chi connectivity index (χ3v) is 3.97. The summed E-state index contributed by atoms with van der Waals surface area (Å²) >= 11 is 0. The minimum atomic E-state index is 0.402. The summed E-state index contributed by atoms with van der Waals surface area (Å²) < 4.78 is 0. The Labute approximate surface area is 108 Å². The summed E-state index contributed by atoms with van der Waals surface area (Å²) in [6, 6.07) is 0.842. The van der Waals surface area contributed by atoms with E-state index in [0.717, 1.165) is 12.6 Å². The van der Waals surface area contributed by atoms with Gasteiger partial charge in [0.1, 0.15) is 0 Å². The van der Waals surface area contributed by atoms with E-state index in [1.807, 2.05) is 0 Å². The van der Waals surface area contributed by atoms with Crippen molar-refractivity contribution >= 4 is 0 Å². The van der Waals surface area contributed by atoms with Crippen molar-refractivity contribution in [1.82, 2.24) is 4.90 Å². The smallest absolute Gasteiger partial charge is 0.00952 e. The van der Waals surface area contributed by atoms with Crippen molar-refractivity contribution in [3.8, 4) is 0 Å². The lowest BCUT2D eigenvalue weighted by atomic mass is 9.84. The van der Waals surface area contributed by atoms with Gasteiger partial charge < -0.3 is 10.6 Å². The molecule has 2 heteroatoms. The first-order chi connectivity index (χ1) is 7.96. The van der Waals surface area contributed by atoms with E-state index >= 15 is 0 Å². The molecule has 0 bridgehead atoms. The molecule has 0 amide bonds. The van der Waals surface area contributed by atoms with Crippen LogP contribution in [0.3, 0.4) is 0 Å². The van der Waals surface area contributed by atoms with Crippen LogP contribution in [0, 0.1) is 11.3 Å². The van der Waals surface area contributed by atoms with Crippen molar-refractivity contribution in [2.24, 2.45) is 17.1 Å². The molecule has 0 aromatic rings. The first-order valence-corrected chi connectivity index (χ1v) is 7.40. The molecule has 102 valence electrons. The summed E-state index contributed by atoms with van der Waals surface area (Å²) in [5.41, 5.74) is 6.36. The molecular weight excluding hydrogens is 208 g/mol. The number of nitrogens with two attached hydrogens (primary N) is 1. The van der Waals surface area contributed by atoms with Crippen molar-refractivity contribution in [3.63, 3.8) is 0 Å². The zero-order chi connectivity index (χ0) is 12.9. The molecular formula is C15H32N2. The average molecular weight is 240 g/mol. The molecule has 1 saturated carbocycles. The standard InChI is InChI=1S/C15H32N2/c1-5-17(14-8-6-7-9-14)12-13(11-16)10-15(2,3)4/h13-14H,5-12,16H2,1-4H3. The van der Waals surface area contributed by atoms with E-state index < -0.39 is 0 Å². The lowest BCUT2D eigenvalue weighted by Crippen LogP contribution is -2.40. The molecule has 0 heterocycles. The Hall–Kier alpha value is -0.0800. The van der Waals surface area contributed by atoms with E-state index in [1.54, 1.807) is 0 Å². The summed E-state index contributed by atoms with van der Waals surface area (Å²) in [7, 11) is 0. The number of hydrogen-bond acceptors (Lipinski definition) is 2. The average Bonchev–Trinajstić information content (AvgIpc) is 2.75. The van der Waals surface area contributed by atoms with Gasteiger partial charge in [0.15, 0.2) is 0 Å². The van der Waals surface area contributed by atoms with Gasteiger partial charge >= 0.3 is 0 Å². The van der Waals surface area contributed by atoms with Crippen LogP contribution in [0.15, 0.2) is 0 Å². The van der Waals surface area contributed by atoms with Gasteiger partial charge in [0.25, 0.3) is 0 Å². The second-order valence-electron chi connectivity index (χ2n) is 6.89. The molecule has 0 aromatic carbocycles. The molecule has 0 spiro atoms. The maximum absolute atomic E-state index is 5.95. The third-order valence-electron chi connectivity index (χ3n) is 3.97. The molecule has 2 nitrogen and oxygen atoms in total. The Morgan fingerprint density at radius 1 is 1.24 bits per heavy atom. The second-order valence-corrected chi connectivity index (χ2v) is 6.89. The van der Waals surface area contributed by atoms with E-state index in [4.69, 9.17) is 5.73 Å². The van der Waals surface area contributed by atoms with Gasteiger partial charge in [0, 0.05) is 12.6 Å². The molecule has 1 fully saturated rings. The molecule has 2 N–H and O–H groups in total. The Bertz CT molecular complexity index is 201. The van der Waals surface area contributed by atoms with Crippen molar-refractivity contribution in [2.45, 2.75) is 65.8 Å². The SMILES string of the molecule is CCN(CC(CN)CC(C)(C)C)C1CCCC1. The van der Waals surface area contributed by atoms with Crippen LogP contribution in [-0.4, -0.2) is 30.6 Å². The Kier molecular flexibility index (Phi) is 5.94. The third kappa shape index (κ3) is 5.39. The molecule has 17 heavy (non-hydrogen) atoms. The quantitative estimate of drug-likeness (QED) is 0.772. The Morgan fingerprint density at radius 3 is 2.24 bits per heavy atom. The highest BCUT2D eigenvalue weighted by Gasteiger charge is 2.25. The van der Waals surface area contributed by atoms with Crippen LogP contribution in [0.5, 0.6) is 0 Å². The molecule has 0 saturated heterocycles. The maximum atomic E-state index is 5.95. The Morgan fingerprint density at radius 2 is 1.82 bits per heavy atom. The monoisotopic (exact) mass is 240 g/mol. The predicted octanol–water partition coefficient (Wildman–Crippen LogP) is 3.26. The maximum Gasteiger partial charge on any atom is 0.00952 e. The van der Waals surface area contributed by atoms with E-state index in [1.165, 1.54) is 45.2 Å². The molecule has 0 aromatic heterocycles. The van der Waals surface area contributed by atoms with Crippen molar-refractivity contribution in [3.05, 3.63) is 0 Å². The van der Waals surface area contributed by atoms with Crippen LogP contribution in [0.2, 0.25) is 0 Å². The summed E-state index contributed by atoms with van der Waals surface area (Å²) in [4.78, 5) is 2.68. The largest absolute Gasteiger partial charge is 0.330 e. The lowest BCUT2D eigenvalue weighted by Gasteiger charge is -2.33. The molecule has 1 unspecified atom stereocenters. The van der Waals surface area contributed by atoms with Crippen molar-refractivity contribution < 1.29 is 0 Å². The minimum Gasteiger partial charge on any atom is -0.330 e. The van der Waals surface area contributed by atoms with Gasteiger partial charge in [-0.15, -0.1) is 0 Å². The van der Waals surface area contributed by atoms with Crippen LogP contribution in [0.1, 0.15) is 59.8 Å². The molecule has 1 aliphatic carbocycles. The van der Waals surface area contributed by atoms with Crippen LogP contribution in [0.4, 0.5) is 0 Å². The molecule has 1 aliphatic rings. The van der Waals surface area contributed by atoms with Crippen LogP contribution >= 0.6 is 0 Å². The fourth-order valence-electron chi connectivity index (χ4n) is 3.23. The Balaban J connectivity index is 2.46. The van der Waals surface area contributed by atoms with Crippen LogP contribution in [0.25, 0.3) is 0 Å². The zero-order valence-electron chi connectivity index (χ0n) is 12.3. The van der Waals surface area contributed by atoms with E-state index in [0.29, 0.717) is 11.3 Å². The summed E-state index contributed by atoms with van der Waals surface area (Å²) in [6.45, 7) is 12.5. The van der Waals surface area contributed by atoms with Gasteiger partial charge in [-0.1, -0.05) is 40.5 Å². The first kappa shape index (κ1) is 15.0. The molecule has 1 atom stereocenters. The van der Waals surface area contributed by atoms with E-state index in [9.17, 15) is 0 Å². The summed E-state index contributed by atoms with van der Waals surface area (Å²) in [6.07, 6.45) is 6.90. The number of rotatable bonds is 6. The second kappa shape index (κ2) is 6.75. The molecule has 0 radical (unpaired) electrons. The van der Waals surface area contributed by atoms with Gasteiger partial charge in [0.05, 0.1) is 0 Å². The van der Waals surface area contributed by atoms with Gasteiger partial charge in [-0.2, -0.15) is 0 Å². The van der Waals surface area contributed by atoms with Gasteiger partial charge in [-0.3, -0.25) is 0 Å². The zero-order valence-corrected chi connectivity index (χ0v) is 12.3. The van der Waals surface area contributed by atoms with Gasteiger partial charge in [0.2, 0.25) is 0 Å². The fourth-order valence-corrected chi connectivity index (χ4v) is 3.23. The van der Waals surface area contributed by atoms with E-state index in [2.05, 4.69) is 32.6 Å². The normalized spacial score (nSPS) is 20.1. The van der Waals surface area contributed by atoms with Crippen molar-refractivity contribution in [2.75, 3.05) is 19.6 Å². The van der Waals surface area contributed by atoms with Gasteiger partial charge in [-0.25, -0.2) is 0 Å². The minimum absolute atomic E-state index is 0.402. The van der Waals surface area contributed by atoms with Crippen molar-refractivity contribution in [1.29, 1.82) is 0 Å². The summed E-state index contributed by atoms with van der Waals surface area (Å²) in [5.74, 6) is 0.663. The highest BCUT2D eigenvalue weighted by Crippen LogP contribution is 2.28. The fraction of sp³-hybridized carbons (Fsp3) is 1.00. The molecule has 0 aliphatic heterocycles. The summed E-state index contributed by atoms with van der Waals surface area (Å²) in [5, 5.41) is 0. The highest BCUT2D eigenvalue weighted by atomic mass is 15.2. The lowest BCUT2D eigenvalue weighted by molar-refractivity contribution is 0.155. The first-order valence-electron chi connectivity index (χ1n) is 7.40. The molecule has 1 rings (SSSR count). The number of hydrogen-bond donors (Lipinski definition) is 1. The van der Waals surface area contributed by atoms with Crippen LogP contribution < -0.4 is 5.73 Å². The topological polar surface area (TPSA) is 29.3 Å². The van der Waals surface area contributed by atoms with Gasteiger partial charge in [-0.05, 0) is 43.7 Å².